The molecule has 4 rings (SSSR count). The summed E-state index contributed by atoms with van der Waals surface area (Å²) in [7, 11) is 0. The lowest BCUT2D eigenvalue weighted by atomic mass is 10.1. The second kappa shape index (κ2) is 4.11. The molecule has 0 aliphatic rings. The van der Waals surface area contributed by atoms with Crippen molar-refractivity contribution in [2.75, 3.05) is 0 Å². The van der Waals surface area contributed by atoms with Crippen LogP contribution in [0.4, 0.5) is 0 Å². The van der Waals surface area contributed by atoms with Gasteiger partial charge >= 0.3 is 0 Å². The van der Waals surface area contributed by atoms with Gasteiger partial charge < -0.3 is 4.42 Å². The molecule has 0 aromatic carbocycles. The Labute approximate surface area is 118 Å². The van der Waals surface area contributed by atoms with Crippen LogP contribution in [0.5, 0.6) is 0 Å². The summed E-state index contributed by atoms with van der Waals surface area (Å²) in [5, 5.41) is 17.6. The van der Waals surface area contributed by atoms with Crippen molar-refractivity contribution >= 4 is 16.7 Å². The number of aryl methyl sites for hydroxylation is 1. The van der Waals surface area contributed by atoms with Crippen LogP contribution < -0.4 is 0 Å². The van der Waals surface area contributed by atoms with Crippen LogP contribution in [0.1, 0.15) is 11.3 Å². The fourth-order valence-electron chi connectivity index (χ4n) is 2.29. The van der Waals surface area contributed by atoms with Crippen LogP contribution in [0.2, 0.25) is 0 Å². The molecule has 0 aliphatic carbocycles. The summed E-state index contributed by atoms with van der Waals surface area (Å²) in [4.78, 5) is 8.93. The summed E-state index contributed by atoms with van der Waals surface area (Å²) in [5.74, 6) is 0.331. The number of imidazole rings is 1. The molecule has 4 aromatic rings. The molecule has 7 nitrogen and oxygen atoms in total. The van der Waals surface area contributed by atoms with E-state index in [1.54, 1.807) is 12.3 Å². The highest BCUT2D eigenvalue weighted by Gasteiger charge is 2.14. The van der Waals surface area contributed by atoms with Gasteiger partial charge in [-0.2, -0.15) is 5.26 Å². The van der Waals surface area contributed by atoms with Crippen molar-refractivity contribution in [2.45, 2.75) is 6.92 Å². The fraction of sp³-hybridized carbons (Fsp3) is 0.0714. The molecule has 0 aliphatic heterocycles. The molecule has 100 valence electrons. The molecule has 0 spiro atoms. The van der Waals surface area contributed by atoms with Gasteiger partial charge in [0.1, 0.15) is 23.1 Å². The lowest BCUT2D eigenvalue weighted by molar-refractivity contribution is 0.567. The molecule has 0 saturated heterocycles. The van der Waals surface area contributed by atoms with E-state index in [2.05, 4.69) is 26.2 Å². The molecule has 0 unspecified atom stereocenters. The first kappa shape index (κ1) is 11.5. The number of rotatable bonds is 1. The molecule has 0 radical (unpaired) electrons. The van der Waals surface area contributed by atoms with Gasteiger partial charge in [-0.25, -0.2) is 9.97 Å². The highest BCUT2D eigenvalue weighted by Crippen LogP contribution is 2.23. The minimum atomic E-state index is 0.331. The molecule has 0 atom stereocenters. The summed E-state index contributed by atoms with van der Waals surface area (Å²) in [6, 6.07) is 7.67. The minimum absolute atomic E-state index is 0.331. The van der Waals surface area contributed by atoms with Gasteiger partial charge in [-0.3, -0.25) is 4.40 Å². The summed E-state index contributed by atoms with van der Waals surface area (Å²) in [6.45, 7) is 1.90. The number of hydrogen-bond donors (Lipinski definition) is 0. The first-order chi connectivity index (χ1) is 10.3. The molecule has 0 amide bonds. The van der Waals surface area contributed by atoms with E-state index in [4.69, 9.17) is 4.42 Å². The van der Waals surface area contributed by atoms with E-state index in [-0.39, 0.29) is 0 Å². The third kappa shape index (κ3) is 1.66. The fourth-order valence-corrected chi connectivity index (χ4v) is 2.29. The summed E-state index contributed by atoms with van der Waals surface area (Å²) in [5.41, 5.74) is 3.25. The van der Waals surface area contributed by atoms with Gasteiger partial charge in [-0.1, -0.05) is 0 Å². The maximum atomic E-state index is 9.30. The number of fused-ring (bicyclic) bond motifs is 3. The Bertz CT molecular complexity index is 1010. The second-order valence-corrected chi connectivity index (χ2v) is 4.59. The maximum Gasteiger partial charge on any atom is 0.267 e. The Hall–Kier alpha value is -3.27. The van der Waals surface area contributed by atoms with Crippen molar-refractivity contribution in [1.29, 1.82) is 5.26 Å². The van der Waals surface area contributed by atoms with Crippen molar-refractivity contribution in [2.24, 2.45) is 0 Å². The first-order valence-corrected chi connectivity index (χ1v) is 6.22. The van der Waals surface area contributed by atoms with Crippen molar-refractivity contribution < 1.29 is 4.42 Å². The van der Waals surface area contributed by atoms with Crippen molar-refractivity contribution in [3.63, 3.8) is 0 Å². The predicted molar refractivity (Wildman–Crippen MR) is 73.2 cm³/mol. The van der Waals surface area contributed by atoms with Crippen LogP contribution in [0.3, 0.4) is 0 Å². The van der Waals surface area contributed by atoms with Gasteiger partial charge in [-0.15, -0.1) is 10.2 Å². The van der Waals surface area contributed by atoms with E-state index < -0.39 is 0 Å². The van der Waals surface area contributed by atoms with E-state index in [1.807, 2.05) is 23.5 Å². The van der Waals surface area contributed by atoms with Crippen LogP contribution in [0, 0.1) is 18.3 Å². The van der Waals surface area contributed by atoms with Crippen LogP contribution in [0.25, 0.3) is 28.3 Å². The summed E-state index contributed by atoms with van der Waals surface area (Å²) in [6.07, 6.45) is 3.03. The molecule has 0 N–H and O–H groups in total. The zero-order valence-electron chi connectivity index (χ0n) is 11.0. The zero-order valence-corrected chi connectivity index (χ0v) is 11.0. The number of nitrogens with zero attached hydrogens (tertiary/aromatic N) is 6. The van der Waals surface area contributed by atoms with Crippen LogP contribution in [-0.4, -0.2) is 24.6 Å². The minimum Gasteiger partial charge on any atom is -0.422 e. The normalized spacial score (nSPS) is 11.0. The maximum absolute atomic E-state index is 9.30. The quantitative estimate of drug-likeness (QED) is 0.528. The lowest BCUT2D eigenvalue weighted by Crippen LogP contribution is -1.94. The topological polar surface area (TPSA) is 92.9 Å². The van der Waals surface area contributed by atoms with E-state index in [0.29, 0.717) is 28.4 Å². The number of pyridine rings is 2. The Morgan fingerprint density at radius 1 is 1.29 bits per heavy atom. The molecule has 0 bridgehead atoms. The van der Waals surface area contributed by atoms with E-state index >= 15 is 0 Å². The Morgan fingerprint density at radius 3 is 2.95 bits per heavy atom. The zero-order chi connectivity index (χ0) is 14.4. The Kier molecular flexibility index (Phi) is 2.26. The van der Waals surface area contributed by atoms with Gasteiger partial charge in [0, 0.05) is 17.3 Å². The highest BCUT2D eigenvalue weighted by atomic mass is 16.4. The lowest BCUT2D eigenvalue weighted by Gasteiger charge is -2.03. The van der Waals surface area contributed by atoms with Crippen molar-refractivity contribution in [3.05, 3.63) is 42.0 Å². The molecule has 0 fully saturated rings. The van der Waals surface area contributed by atoms with Gasteiger partial charge in [0.25, 0.3) is 5.89 Å². The molecule has 4 aromatic heterocycles. The average molecular weight is 276 g/mol. The highest BCUT2D eigenvalue weighted by molar-refractivity contribution is 5.85. The molecular formula is C14H8N6O. The van der Waals surface area contributed by atoms with E-state index in [1.165, 1.54) is 6.39 Å². The largest absolute Gasteiger partial charge is 0.422 e. The monoisotopic (exact) mass is 276 g/mol. The molecule has 7 heteroatoms. The number of aromatic nitrogens is 5. The third-order valence-corrected chi connectivity index (χ3v) is 3.24. The van der Waals surface area contributed by atoms with Crippen LogP contribution in [-0.2, 0) is 0 Å². The van der Waals surface area contributed by atoms with Crippen molar-refractivity contribution in [1.82, 2.24) is 24.6 Å². The van der Waals surface area contributed by atoms with Gasteiger partial charge in [-0.05, 0) is 25.1 Å². The first-order valence-electron chi connectivity index (χ1n) is 6.22. The summed E-state index contributed by atoms with van der Waals surface area (Å²) < 4.78 is 6.98. The third-order valence-electron chi connectivity index (χ3n) is 3.24. The van der Waals surface area contributed by atoms with Crippen LogP contribution >= 0.6 is 0 Å². The van der Waals surface area contributed by atoms with Crippen molar-refractivity contribution in [3.8, 4) is 17.7 Å². The Morgan fingerprint density at radius 2 is 2.19 bits per heavy atom. The molecular weight excluding hydrogens is 268 g/mol. The molecule has 21 heavy (non-hydrogen) atoms. The average Bonchev–Trinajstić information content (AvgIpc) is 3.14. The van der Waals surface area contributed by atoms with E-state index in [9.17, 15) is 5.26 Å². The molecule has 0 saturated carbocycles. The van der Waals surface area contributed by atoms with E-state index in [0.717, 1.165) is 11.1 Å². The van der Waals surface area contributed by atoms with Gasteiger partial charge in [0.15, 0.2) is 0 Å². The summed E-state index contributed by atoms with van der Waals surface area (Å²) >= 11 is 0. The molecule has 4 heterocycles. The predicted octanol–water partition coefficient (Wildman–Crippen LogP) is 2.11. The SMILES string of the molecule is Cc1ccc2c(C#N)cc3nc(-c4nnco4)cn3c2n1. The second-order valence-electron chi connectivity index (χ2n) is 4.59. The number of nitriles is 1. The Balaban J connectivity index is 2.13. The van der Waals surface area contributed by atoms with Gasteiger partial charge in [0.05, 0.1) is 5.56 Å². The van der Waals surface area contributed by atoms with Gasteiger partial charge in [0.2, 0.25) is 6.39 Å². The smallest absolute Gasteiger partial charge is 0.267 e. The standard InChI is InChI=1S/C14H8N6O/c1-8-2-3-10-9(5-15)4-12-18-11(14-19-16-7-21-14)6-20(12)13(10)17-8/h2-4,6-7H,1H3. The van der Waals surface area contributed by atoms with Crippen LogP contribution in [0.15, 0.2) is 35.2 Å². The number of hydrogen-bond acceptors (Lipinski definition) is 6.